The predicted octanol–water partition coefficient (Wildman–Crippen LogP) is 4.02. The summed E-state index contributed by atoms with van der Waals surface area (Å²) >= 11 is 0. The number of H-pyrrole nitrogens is 1. The molecule has 0 bridgehead atoms. The summed E-state index contributed by atoms with van der Waals surface area (Å²) in [6, 6.07) is 18.9. The van der Waals surface area contributed by atoms with E-state index in [0.29, 0.717) is 18.0 Å². The van der Waals surface area contributed by atoms with Crippen molar-refractivity contribution in [3.8, 4) is 17.0 Å². The van der Waals surface area contributed by atoms with Crippen LogP contribution in [0.15, 0.2) is 65.8 Å². The lowest BCUT2D eigenvalue weighted by molar-refractivity contribution is 0.0950. The summed E-state index contributed by atoms with van der Waals surface area (Å²) in [7, 11) is 0. The van der Waals surface area contributed by atoms with Gasteiger partial charge in [0.25, 0.3) is 5.91 Å². The summed E-state index contributed by atoms with van der Waals surface area (Å²) in [5.41, 5.74) is 5.33. The van der Waals surface area contributed by atoms with Gasteiger partial charge >= 0.3 is 0 Å². The lowest BCUT2D eigenvalue weighted by atomic mass is 10.1. The molecule has 0 saturated carbocycles. The fraction of sp³-hybridized carbons (Fsp3) is 0.190. The first-order valence-corrected chi connectivity index (χ1v) is 8.93. The Morgan fingerprint density at radius 1 is 1.19 bits per heavy atom. The second-order valence-corrected chi connectivity index (χ2v) is 6.00. The quantitative estimate of drug-likeness (QED) is 0.361. The zero-order valence-electron chi connectivity index (χ0n) is 15.2. The average molecular weight is 362 g/mol. The number of hydrazone groups is 1. The molecule has 0 aliphatic heterocycles. The molecule has 0 spiro atoms. The first-order chi connectivity index (χ1) is 13.3. The van der Waals surface area contributed by atoms with Crippen molar-refractivity contribution in [1.82, 2.24) is 15.6 Å². The van der Waals surface area contributed by atoms with Crippen molar-refractivity contribution in [3.05, 3.63) is 71.9 Å². The van der Waals surface area contributed by atoms with Crippen LogP contribution < -0.4 is 10.2 Å². The number of aromatic amines is 1. The molecule has 0 atom stereocenters. The summed E-state index contributed by atoms with van der Waals surface area (Å²) in [6.07, 6.45) is 3.73. The van der Waals surface area contributed by atoms with Crippen molar-refractivity contribution >= 4 is 12.1 Å². The minimum Gasteiger partial charge on any atom is -0.494 e. The maximum atomic E-state index is 12.2. The summed E-state index contributed by atoms with van der Waals surface area (Å²) in [4.78, 5) is 12.2. The molecule has 1 heterocycles. The Morgan fingerprint density at radius 3 is 2.70 bits per heavy atom. The zero-order valence-corrected chi connectivity index (χ0v) is 15.2. The van der Waals surface area contributed by atoms with Gasteiger partial charge in [-0.15, -0.1) is 0 Å². The van der Waals surface area contributed by atoms with E-state index >= 15 is 0 Å². The van der Waals surface area contributed by atoms with Crippen LogP contribution in [-0.2, 0) is 0 Å². The van der Waals surface area contributed by atoms with E-state index in [1.807, 2.05) is 54.6 Å². The van der Waals surface area contributed by atoms with E-state index in [1.165, 1.54) is 0 Å². The maximum Gasteiger partial charge on any atom is 0.289 e. The Bertz CT molecular complexity index is 886. The highest BCUT2D eigenvalue weighted by Crippen LogP contribution is 2.21. The first kappa shape index (κ1) is 18.4. The second-order valence-electron chi connectivity index (χ2n) is 6.00. The third-order valence-corrected chi connectivity index (χ3v) is 3.92. The van der Waals surface area contributed by atoms with Crippen molar-refractivity contribution in [2.45, 2.75) is 19.8 Å². The van der Waals surface area contributed by atoms with Crippen LogP contribution in [0.2, 0.25) is 0 Å². The molecule has 27 heavy (non-hydrogen) atoms. The number of aromatic nitrogens is 2. The molecule has 1 amide bonds. The number of ether oxygens (including phenoxy) is 1. The third kappa shape index (κ3) is 5.28. The Morgan fingerprint density at radius 2 is 1.96 bits per heavy atom. The molecule has 3 aromatic rings. The van der Waals surface area contributed by atoms with Crippen LogP contribution >= 0.6 is 0 Å². The Hall–Kier alpha value is -3.41. The number of unbranched alkanes of at least 4 members (excludes halogenated alkanes) is 1. The Kier molecular flexibility index (Phi) is 6.35. The van der Waals surface area contributed by atoms with Crippen LogP contribution in [0.5, 0.6) is 5.75 Å². The molecule has 2 N–H and O–H groups in total. The molecule has 6 heteroatoms. The SMILES string of the molecule is CCCCOc1ccc(-c2cc(C(=O)N/N=C\c3ccccc3)[nH]n2)cc1. The summed E-state index contributed by atoms with van der Waals surface area (Å²) in [6.45, 7) is 2.84. The van der Waals surface area contributed by atoms with Crippen molar-refractivity contribution < 1.29 is 9.53 Å². The molecule has 1 aromatic heterocycles. The van der Waals surface area contributed by atoms with Gasteiger partial charge in [0.05, 0.1) is 18.5 Å². The summed E-state index contributed by atoms with van der Waals surface area (Å²) in [5, 5.41) is 10.9. The van der Waals surface area contributed by atoms with Gasteiger partial charge in [-0.3, -0.25) is 9.89 Å². The lowest BCUT2D eigenvalue weighted by Gasteiger charge is -2.05. The molecule has 0 unspecified atom stereocenters. The van der Waals surface area contributed by atoms with Gasteiger partial charge in [-0.05, 0) is 42.3 Å². The first-order valence-electron chi connectivity index (χ1n) is 8.93. The number of nitrogens with one attached hydrogen (secondary N) is 2. The number of nitrogens with zero attached hydrogens (tertiary/aromatic N) is 2. The number of benzene rings is 2. The lowest BCUT2D eigenvalue weighted by Crippen LogP contribution is -2.17. The molecule has 138 valence electrons. The van der Waals surface area contributed by atoms with Crippen LogP contribution in [0.25, 0.3) is 11.3 Å². The number of amides is 1. The number of carbonyl (C=O) groups is 1. The monoisotopic (exact) mass is 362 g/mol. The van der Waals surface area contributed by atoms with Gasteiger partial charge in [0.1, 0.15) is 11.4 Å². The fourth-order valence-electron chi connectivity index (χ4n) is 2.41. The Balaban J connectivity index is 1.58. The van der Waals surface area contributed by atoms with E-state index in [9.17, 15) is 4.79 Å². The van der Waals surface area contributed by atoms with Crippen molar-refractivity contribution in [3.63, 3.8) is 0 Å². The highest BCUT2D eigenvalue weighted by molar-refractivity contribution is 5.94. The molecule has 0 radical (unpaired) electrons. The second kappa shape index (κ2) is 9.33. The van der Waals surface area contributed by atoms with Crippen molar-refractivity contribution in [2.75, 3.05) is 6.61 Å². The van der Waals surface area contributed by atoms with Gasteiger partial charge in [0.2, 0.25) is 0 Å². The van der Waals surface area contributed by atoms with E-state index in [1.54, 1.807) is 12.3 Å². The van der Waals surface area contributed by atoms with Crippen molar-refractivity contribution in [1.29, 1.82) is 0 Å². The van der Waals surface area contributed by atoms with Crippen LogP contribution in [-0.4, -0.2) is 28.9 Å². The van der Waals surface area contributed by atoms with E-state index in [0.717, 1.165) is 29.7 Å². The van der Waals surface area contributed by atoms with E-state index in [2.05, 4.69) is 27.6 Å². The smallest absolute Gasteiger partial charge is 0.289 e. The molecule has 2 aromatic carbocycles. The van der Waals surface area contributed by atoms with Crippen LogP contribution in [0.3, 0.4) is 0 Å². The van der Waals surface area contributed by atoms with Crippen LogP contribution in [0.4, 0.5) is 0 Å². The minimum atomic E-state index is -0.347. The van der Waals surface area contributed by atoms with Gasteiger partial charge in [-0.2, -0.15) is 10.2 Å². The molecular weight excluding hydrogens is 340 g/mol. The number of hydrogen-bond donors (Lipinski definition) is 2. The van der Waals surface area contributed by atoms with Crippen LogP contribution in [0.1, 0.15) is 35.8 Å². The third-order valence-electron chi connectivity index (χ3n) is 3.92. The van der Waals surface area contributed by atoms with Gasteiger partial charge in [0.15, 0.2) is 0 Å². The molecule has 0 aliphatic rings. The van der Waals surface area contributed by atoms with Gasteiger partial charge in [-0.25, -0.2) is 5.43 Å². The summed E-state index contributed by atoms with van der Waals surface area (Å²) in [5.74, 6) is 0.483. The molecule has 6 nitrogen and oxygen atoms in total. The van der Waals surface area contributed by atoms with E-state index in [-0.39, 0.29) is 5.91 Å². The molecule has 0 saturated heterocycles. The molecule has 0 aliphatic carbocycles. The normalized spacial score (nSPS) is 10.9. The topological polar surface area (TPSA) is 79.4 Å². The fourth-order valence-corrected chi connectivity index (χ4v) is 2.41. The predicted molar refractivity (Wildman–Crippen MR) is 106 cm³/mol. The number of rotatable bonds is 8. The van der Waals surface area contributed by atoms with Gasteiger partial charge < -0.3 is 4.74 Å². The average Bonchev–Trinajstić information content (AvgIpc) is 3.20. The Labute approximate surface area is 158 Å². The number of hydrogen-bond acceptors (Lipinski definition) is 4. The zero-order chi connectivity index (χ0) is 18.9. The molecule has 3 rings (SSSR count). The van der Waals surface area contributed by atoms with Crippen molar-refractivity contribution in [2.24, 2.45) is 5.10 Å². The van der Waals surface area contributed by atoms with E-state index < -0.39 is 0 Å². The summed E-state index contributed by atoms with van der Waals surface area (Å²) < 4.78 is 5.65. The molecular formula is C21H22N4O2. The highest BCUT2D eigenvalue weighted by Gasteiger charge is 2.10. The van der Waals surface area contributed by atoms with Gasteiger partial charge in [0, 0.05) is 5.56 Å². The number of carbonyl (C=O) groups excluding carboxylic acids is 1. The maximum absolute atomic E-state index is 12.2. The standard InChI is InChI=1S/C21H22N4O2/c1-2-3-13-27-18-11-9-17(10-12-18)19-14-20(24-23-19)21(26)25-22-15-16-7-5-4-6-8-16/h4-12,14-15H,2-3,13H2,1H3,(H,23,24)(H,25,26)/b22-15-. The van der Waals surface area contributed by atoms with E-state index in [4.69, 9.17) is 4.74 Å². The van der Waals surface area contributed by atoms with Crippen LogP contribution in [0, 0.1) is 0 Å². The highest BCUT2D eigenvalue weighted by atomic mass is 16.5. The molecule has 0 fully saturated rings. The minimum absolute atomic E-state index is 0.346. The van der Waals surface area contributed by atoms with Gasteiger partial charge in [-0.1, -0.05) is 43.7 Å². The largest absolute Gasteiger partial charge is 0.494 e.